The SMILES string of the molecule is CC1CCC(N(C)C(=O)C(C(N)=NO)C(C)C)CC1. The molecule has 0 radical (unpaired) electrons. The number of carbonyl (C=O) groups is 1. The topological polar surface area (TPSA) is 78.9 Å². The molecule has 0 spiro atoms. The fourth-order valence-corrected chi connectivity index (χ4v) is 2.84. The van der Waals surface area contributed by atoms with Crippen LogP contribution in [-0.2, 0) is 4.79 Å². The van der Waals surface area contributed by atoms with Crippen LogP contribution >= 0.6 is 0 Å². The van der Waals surface area contributed by atoms with Gasteiger partial charge < -0.3 is 15.8 Å². The van der Waals surface area contributed by atoms with E-state index in [1.54, 1.807) is 4.90 Å². The van der Waals surface area contributed by atoms with Gasteiger partial charge in [-0.05, 0) is 37.5 Å². The maximum atomic E-state index is 12.5. The zero-order valence-electron chi connectivity index (χ0n) is 12.5. The molecular weight excluding hydrogens is 242 g/mol. The fourth-order valence-electron chi connectivity index (χ4n) is 2.84. The number of nitrogens with two attached hydrogens (primary N) is 1. The average molecular weight is 269 g/mol. The van der Waals surface area contributed by atoms with Crippen LogP contribution in [0.2, 0.25) is 0 Å². The van der Waals surface area contributed by atoms with Crippen molar-refractivity contribution in [2.24, 2.45) is 28.6 Å². The quantitative estimate of drug-likeness (QED) is 0.355. The van der Waals surface area contributed by atoms with Crippen molar-refractivity contribution in [1.29, 1.82) is 0 Å². The largest absolute Gasteiger partial charge is 0.409 e. The minimum atomic E-state index is -0.533. The van der Waals surface area contributed by atoms with Crippen molar-refractivity contribution in [3.8, 4) is 0 Å². The Morgan fingerprint density at radius 3 is 2.26 bits per heavy atom. The Balaban J connectivity index is 2.74. The first-order chi connectivity index (χ1) is 8.88. The van der Waals surface area contributed by atoms with Gasteiger partial charge in [-0.25, -0.2) is 0 Å². The minimum absolute atomic E-state index is 0.0102. The van der Waals surface area contributed by atoms with Crippen molar-refractivity contribution >= 4 is 11.7 Å². The second-order valence-electron chi connectivity index (χ2n) is 6.11. The molecule has 0 aromatic carbocycles. The van der Waals surface area contributed by atoms with E-state index in [1.165, 1.54) is 0 Å². The van der Waals surface area contributed by atoms with E-state index in [-0.39, 0.29) is 23.7 Å². The highest BCUT2D eigenvalue weighted by atomic mass is 16.4. The van der Waals surface area contributed by atoms with Gasteiger partial charge in [0.2, 0.25) is 5.91 Å². The van der Waals surface area contributed by atoms with Crippen LogP contribution in [0.4, 0.5) is 0 Å². The lowest BCUT2D eigenvalue weighted by atomic mass is 9.85. The van der Waals surface area contributed by atoms with Crippen molar-refractivity contribution in [3.05, 3.63) is 0 Å². The number of oxime groups is 1. The van der Waals surface area contributed by atoms with E-state index in [9.17, 15) is 4.79 Å². The van der Waals surface area contributed by atoms with Crippen LogP contribution in [0.15, 0.2) is 5.16 Å². The molecule has 0 aromatic heterocycles. The standard InChI is InChI=1S/C14H27N3O2/c1-9(2)12(13(15)16-19)14(18)17(4)11-7-5-10(3)6-8-11/h9-12,19H,5-8H2,1-4H3,(H2,15,16). The monoisotopic (exact) mass is 269 g/mol. The number of carbonyl (C=O) groups excluding carboxylic acids is 1. The van der Waals surface area contributed by atoms with Gasteiger partial charge >= 0.3 is 0 Å². The van der Waals surface area contributed by atoms with E-state index < -0.39 is 5.92 Å². The zero-order chi connectivity index (χ0) is 14.6. The molecule has 1 atom stereocenters. The first-order valence-electron chi connectivity index (χ1n) is 7.12. The Morgan fingerprint density at radius 1 is 1.32 bits per heavy atom. The average Bonchev–Trinajstić information content (AvgIpc) is 2.38. The maximum absolute atomic E-state index is 12.5. The second kappa shape index (κ2) is 6.78. The van der Waals surface area contributed by atoms with Crippen LogP contribution in [-0.4, -0.2) is 34.9 Å². The van der Waals surface area contributed by atoms with E-state index in [2.05, 4.69) is 12.1 Å². The molecule has 1 aliphatic carbocycles. The van der Waals surface area contributed by atoms with Gasteiger partial charge in [0.15, 0.2) is 5.84 Å². The third-order valence-corrected chi connectivity index (χ3v) is 4.25. The smallest absolute Gasteiger partial charge is 0.233 e. The van der Waals surface area contributed by atoms with Crippen molar-refractivity contribution in [1.82, 2.24) is 4.90 Å². The number of amides is 1. The van der Waals surface area contributed by atoms with Gasteiger partial charge in [-0.15, -0.1) is 0 Å². The van der Waals surface area contributed by atoms with Crippen molar-refractivity contribution in [2.45, 2.75) is 52.5 Å². The molecule has 19 heavy (non-hydrogen) atoms. The summed E-state index contributed by atoms with van der Waals surface area (Å²) in [5, 5.41) is 11.8. The molecule has 0 saturated heterocycles. The lowest BCUT2D eigenvalue weighted by Crippen LogP contribution is -2.47. The minimum Gasteiger partial charge on any atom is -0.409 e. The van der Waals surface area contributed by atoms with Gasteiger partial charge in [-0.1, -0.05) is 25.9 Å². The molecule has 0 aliphatic heterocycles. The fraction of sp³-hybridized carbons (Fsp3) is 0.857. The highest BCUT2D eigenvalue weighted by Crippen LogP contribution is 2.28. The van der Waals surface area contributed by atoms with Gasteiger partial charge in [-0.3, -0.25) is 4.79 Å². The summed E-state index contributed by atoms with van der Waals surface area (Å²) < 4.78 is 0. The van der Waals surface area contributed by atoms with Gasteiger partial charge in [0.25, 0.3) is 0 Å². The van der Waals surface area contributed by atoms with Crippen molar-refractivity contribution < 1.29 is 10.0 Å². The normalized spacial score (nSPS) is 26.3. The number of rotatable bonds is 4. The molecule has 1 rings (SSSR count). The van der Waals surface area contributed by atoms with Crippen LogP contribution in [0.1, 0.15) is 46.5 Å². The summed E-state index contributed by atoms with van der Waals surface area (Å²) in [5.74, 6) is 0.216. The summed E-state index contributed by atoms with van der Waals surface area (Å²) in [5.41, 5.74) is 5.66. The van der Waals surface area contributed by atoms with Gasteiger partial charge in [-0.2, -0.15) is 0 Å². The van der Waals surface area contributed by atoms with E-state index in [0.29, 0.717) is 0 Å². The number of hydrogen-bond donors (Lipinski definition) is 2. The molecule has 0 heterocycles. The summed E-state index contributed by atoms with van der Waals surface area (Å²) >= 11 is 0. The summed E-state index contributed by atoms with van der Waals surface area (Å²) in [6, 6.07) is 0.288. The lowest BCUT2D eigenvalue weighted by molar-refractivity contribution is -0.136. The molecule has 110 valence electrons. The van der Waals surface area contributed by atoms with Crippen LogP contribution in [0.5, 0.6) is 0 Å². The Morgan fingerprint density at radius 2 is 1.84 bits per heavy atom. The molecule has 1 saturated carbocycles. The van der Waals surface area contributed by atoms with Crippen LogP contribution < -0.4 is 5.73 Å². The zero-order valence-corrected chi connectivity index (χ0v) is 12.5. The number of hydrogen-bond acceptors (Lipinski definition) is 3. The highest BCUT2D eigenvalue weighted by Gasteiger charge is 2.33. The van der Waals surface area contributed by atoms with E-state index in [1.807, 2.05) is 20.9 Å². The Bertz CT molecular complexity index is 334. The molecular formula is C14H27N3O2. The third kappa shape index (κ3) is 3.85. The summed E-state index contributed by atoms with van der Waals surface area (Å²) in [6.07, 6.45) is 4.42. The second-order valence-corrected chi connectivity index (χ2v) is 6.11. The van der Waals surface area contributed by atoms with Crippen molar-refractivity contribution in [2.75, 3.05) is 7.05 Å². The molecule has 0 bridgehead atoms. The Kier molecular flexibility index (Phi) is 5.63. The van der Waals surface area contributed by atoms with Gasteiger partial charge in [0.05, 0.1) is 0 Å². The highest BCUT2D eigenvalue weighted by molar-refractivity contribution is 6.02. The van der Waals surface area contributed by atoms with Crippen LogP contribution in [0, 0.1) is 17.8 Å². The predicted octanol–water partition coefficient (Wildman–Crippen LogP) is 2.04. The van der Waals surface area contributed by atoms with Gasteiger partial charge in [0, 0.05) is 13.1 Å². The van der Waals surface area contributed by atoms with E-state index in [4.69, 9.17) is 10.9 Å². The molecule has 5 heteroatoms. The Labute approximate surface area is 115 Å². The molecule has 0 aromatic rings. The first-order valence-corrected chi connectivity index (χ1v) is 7.12. The molecule has 1 amide bonds. The number of amidine groups is 1. The van der Waals surface area contributed by atoms with E-state index >= 15 is 0 Å². The third-order valence-electron chi connectivity index (χ3n) is 4.25. The first kappa shape index (κ1) is 15.8. The van der Waals surface area contributed by atoms with Crippen molar-refractivity contribution in [3.63, 3.8) is 0 Å². The van der Waals surface area contributed by atoms with E-state index in [0.717, 1.165) is 31.6 Å². The predicted molar refractivity (Wildman–Crippen MR) is 75.9 cm³/mol. The molecule has 3 N–H and O–H groups in total. The maximum Gasteiger partial charge on any atom is 0.233 e. The van der Waals surface area contributed by atoms with Gasteiger partial charge in [0.1, 0.15) is 5.92 Å². The summed E-state index contributed by atoms with van der Waals surface area (Å²) in [7, 11) is 1.84. The summed E-state index contributed by atoms with van der Waals surface area (Å²) in [6.45, 7) is 6.08. The number of nitrogens with zero attached hydrogens (tertiary/aromatic N) is 2. The summed E-state index contributed by atoms with van der Waals surface area (Å²) in [4.78, 5) is 14.3. The molecule has 1 fully saturated rings. The molecule has 1 unspecified atom stereocenters. The Hall–Kier alpha value is -1.26. The lowest BCUT2D eigenvalue weighted by Gasteiger charge is -2.36. The van der Waals surface area contributed by atoms with Crippen LogP contribution in [0.25, 0.3) is 0 Å². The molecule has 1 aliphatic rings. The van der Waals surface area contributed by atoms with Crippen LogP contribution in [0.3, 0.4) is 0 Å². The molecule has 5 nitrogen and oxygen atoms in total.